The van der Waals surface area contributed by atoms with Crippen molar-refractivity contribution >= 4 is 17.6 Å². The third kappa shape index (κ3) is 8.23. The lowest BCUT2D eigenvalue weighted by Crippen LogP contribution is -2.32. The van der Waals surface area contributed by atoms with Crippen molar-refractivity contribution in [3.63, 3.8) is 0 Å². The van der Waals surface area contributed by atoms with E-state index in [2.05, 4.69) is 15.6 Å². The molecule has 0 radical (unpaired) electrons. The fourth-order valence-electron chi connectivity index (χ4n) is 3.37. The molecule has 3 rings (SSSR count). The summed E-state index contributed by atoms with van der Waals surface area (Å²) in [6.45, 7) is 4.46. The van der Waals surface area contributed by atoms with Crippen LogP contribution in [0.15, 0.2) is 66.9 Å². The first kappa shape index (κ1) is 27.5. The van der Waals surface area contributed by atoms with Crippen LogP contribution in [0.3, 0.4) is 0 Å². The molecule has 1 amide bonds. The van der Waals surface area contributed by atoms with Crippen molar-refractivity contribution in [1.29, 1.82) is 0 Å². The van der Waals surface area contributed by atoms with Gasteiger partial charge in [-0.05, 0) is 54.4 Å². The molecular formula is C27H28F3N3O4. The standard InChI is InChI=1S/C27H28F3N3O4/c1-17(2)24(33-21-9-5-19(6-10-21)26(36)31-14-13-25(34)35)16-37-22-11-12-23(32-15-22)18-3-7-20(8-4-18)27(28,29)30/h3-12,15,17,24,33H,13-14,16H2,1-2H3,(H,31,36)(H,34,35)/t24-/m1/s1. The quantitative estimate of drug-likeness (QED) is 0.312. The molecule has 1 heterocycles. The highest BCUT2D eigenvalue weighted by molar-refractivity contribution is 5.94. The maximum atomic E-state index is 12.8. The third-order valence-electron chi connectivity index (χ3n) is 5.60. The Bertz CT molecular complexity index is 1180. The molecule has 10 heteroatoms. The zero-order valence-corrected chi connectivity index (χ0v) is 20.4. The van der Waals surface area contributed by atoms with Gasteiger partial charge in [0.2, 0.25) is 0 Å². The van der Waals surface area contributed by atoms with Crippen LogP contribution in [0.2, 0.25) is 0 Å². The Morgan fingerprint density at radius 2 is 1.68 bits per heavy atom. The molecule has 2 aromatic carbocycles. The van der Waals surface area contributed by atoms with E-state index in [0.717, 1.165) is 17.8 Å². The minimum Gasteiger partial charge on any atom is -0.490 e. The molecule has 1 aromatic heterocycles. The van der Waals surface area contributed by atoms with Crippen molar-refractivity contribution < 1.29 is 32.6 Å². The summed E-state index contributed by atoms with van der Waals surface area (Å²) in [6, 6.07) is 15.0. The number of amides is 1. The molecule has 37 heavy (non-hydrogen) atoms. The number of anilines is 1. The molecular weight excluding hydrogens is 487 g/mol. The largest absolute Gasteiger partial charge is 0.490 e. The summed E-state index contributed by atoms with van der Waals surface area (Å²) in [5, 5.41) is 14.6. The first-order valence-corrected chi connectivity index (χ1v) is 11.7. The first-order valence-electron chi connectivity index (χ1n) is 11.7. The van der Waals surface area contributed by atoms with Crippen LogP contribution in [-0.4, -0.2) is 41.2 Å². The van der Waals surface area contributed by atoms with Crippen molar-refractivity contribution in [3.8, 4) is 17.0 Å². The Hall–Kier alpha value is -4.08. The summed E-state index contributed by atoms with van der Waals surface area (Å²) in [5.41, 5.74) is 1.61. The van der Waals surface area contributed by atoms with Gasteiger partial charge in [0.05, 0.1) is 29.9 Å². The first-order chi connectivity index (χ1) is 17.5. The number of benzene rings is 2. The average molecular weight is 516 g/mol. The Kier molecular flexibility index (Phi) is 9.10. The fraction of sp³-hybridized carbons (Fsp3) is 0.296. The highest BCUT2D eigenvalue weighted by Crippen LogP contribution is 2.30. The number of carbonyl (C=O) groups is 2. The van der Waals surface area contributed by atoms with Crippen LogP contribution in [0.5, 0.6) is 5.75 Å². The molecule has 0 fully saturated rings. The highest BCUT2D eigenvalue weighted by Gasteiger charge is 2.30. The number of aliphatic carboxylic acids is 1. The molecule has 1 atom stereocenters. The molecule has 0 bridgehead atoms. The second-order valence-corrected chi connectivity index (χ2v) is 8.74. The van der Waals surface area contributed by atoms with Crippen molar-refractivity contribution in [1.82, 2.24) is 10.3 Å². The van der Waals surface area contributed by atoms with Gasteiger partial charge in [0.15, 0.2) is 0 Å². The van der Waals surface area contributed by atoms with Crippen molar-refractivity contribution in [2.45, 2.75) is 32.5 Å². The van der Waals surface area contributed by atoms with Gasteiger partial charge >= 0.3 is 12.1 Å². The average Bonchev–Trinajstić information content (AvgIpc) is 2.86. The summed E-state index contributed by atoms with van der Waals surface area (Å²) in [5.74, 6) is -0.591. The van der Waals surface area contributed by atoms with Gasteiger partial charge in [-0.3, -0.25) is 14.6 Å². The topological polar surface area (TPSA) is 101 Å². The molecule has 0 saturated carbocycles. The van der Waals surface area contributed by atoms with Crippen LogP contribution < -0.4 is 15.4 Å². The van der Waals surface area contributed by atoms with Gasteiger partial charge in [0.1, 0.15) is 12.4 Å². The second-order valence-electron chi connectivity index (χ2n) is 8.74. The van der Waals surface area contributed by atoms with E-state index >= 15 is 0 Å². The summed E-state index contributed by atoms with van der Waals surface area (Å²) < 4.78 is 44.2. The predicted molar refractivity (Wildman–Crippen MR) is 133 cm³/mol. The van der Waals surface area contributed by atoms with E-state index in [1.807, 2.05) is 13.8 Å². The molecule has 0 aliphatic rings. The van der Waals surface area contributed by atoms with E-state index < -0.39 is 17.7 Å². The number of halogens is 3. The number of aromatic nitrogens is 1. The van der Waals surface area contributed by atoms with Crippen LogP contribution in [0, 0.1) is 5.92 Å². The van der Waals surface area contributed by atoms with E-state index in [0.29, 0.717) is 29.2 Å². The van der Waals surface area contributed by atoms with Crippen molar-refractivity contribution in [3.05, 3.63) is 78.0 Å². The van der Waals surface area contributed by atoms with Crippen LogP contribution in [0.1, 0.15) is 36.2 Å². The number of hydrogen-bond donors (Lipinski definition) is 3. The summed E-state index contributed by atoms with van der Waals surface area (Å²) >= 11 is 0. The number of rotatable bonds is 11. The van der Waals surface area contributed by atoms with E-state index in [9.17, 15) is 22.8 Å². The lowest BCUT2D eigenvalue weighted by atomic mass is 10.0. The monoisotopic (exact) mass is 515 g/mol. The number of alkyl halides is 3. The number of hydrogen-bond acceptors (Lipinski definition) is 5. The number of carboxylic acids is 1. The molecule has 0 spiro atoms. The van der Waals surface area contributed by atoms with E-state index in [4.69, 9.17) is 9.84 Å². The van der Waals surface area contributed by atoms with Crippen molar-refractivity contribution in [2.75, 3.05) is 18.5 Å². The smallest absolute Gasteiger partial charge is 0.416 e. The van der Waals surface area contributed by atoms with Gasteiger partial charge in [0.25, 0.3) is 5.91 Å². The Morgan fingerprint density at radius 1 is 1.00 bits per heavy atom. The van der Waals surface area contributed by atoms with Gasteiger partial charge in [0, 0.05) is 23.4 Å². The SMILES string of the molecule is CC(C)[C@@H](COc1ccc(-c2ccc(C(F)(F)F)cc2)nc1)Nc1ccc(C(=O)NCCC(=O)O)cc1. The van der Waals surface area contributed by atoms with Gasteiger partial charge in [-0.2, -0.15) is 13.2 Å². The fourth-order valence-corrected chi connectivity index (χ4v) is 3.37. The van der Waals surface area contributed by atoms with Crippen LogP contribution >= 0.6 is 0 Å². The van der Waals surface area contributed by atoms with E-state index in [1.165, 1.54) is 18.3 Å². The maximum absolute atomic E-state index is 12.8. The Balaban J connectivity index is 1.55. The number of nitrogens with zero attached hydrogens (tertiary/aromatic N) is 1. The number of pyridine rings is 1. The summed E-state index contributed by atoms with van der Waals surface area (Å²) in [7, 11) is 0. The number of carbonyl (C=O) groups excluding carboxylic acids is 1. The molecule has 0 aliphatic carbocycles. The highest BCUT2D eigenvalue weighted by atomic mass is 19.4. The van der Waals surface area contributed by atoms with E-state index in [-0.39, 0.29) is 30.8 Å². The van der Waals surface area contributed by atoms with Gasteiger partial charge < -0.3 is 20.5 Å². The van der Waals surface area contributed by atoms with Crippen LogP contribution in [0.25, 0.3) is 11.3 Å². The molecule has 7 nitrogen and oxygen atoms in total. The number of nitrogens with one attached hydrogen (secondary N) is 2. The third-order valence-corrected chi connectivity index (χ3v) is 5.60. The molecule has 0 saturated heterocycles. The zero-order chi connectivity index (χ0) is 27.0. The Morgan fingerprint density at radius 3 is 2.22 bits per heavy atom. The second kappa shape index (κ2) is 12.2. The normalized spacial score (nSPS) is 12.2. The summed E-state index contributed by atoms with van der Waals surface area (Å²) in [6.07, 6.45) is -3.00. The van der Waals surface area contributed by atoms with Crippen LogP contribution in [0.4, 0.5) is 18.9 Å². The van der Waals surface area contributed by atoms with Gasteiger partial charge in [-0.15, -0.1) is 0 Å². The molecule has 3 aromatic rings. The predicted octanol–water partition coefficient (Wildman–Crippen LogP) is 5.49. The minimum atomic E-state index is -4.38. The van der Waals surface area contributed by atoms with Gasteiger partial charge in [-0.25, -0.2) is 0 Å². The summed E-state index contributed by atoms with van der Waals surface area (Å²) in [4.78, 5) is 27.0. The zero-order valence-electron chi connectivity index (χ0n) is 20.4. The van der Waals surface area contributed by atoms with Gasteiger partial charge in [-0.1, -0.05) is 26.0 Å². The number of carboxylic acid groups (broad SMARTS) is 1. The Labute approximate surface area is 212 Å². The molecule has 0 aliphatic heterocycles. The van der Waals surface area contributed by atoms with E-state index in [1.54, 1.807) is 36.4 Å². The van der Waals surface area contributed by atoms with Crippen molar-refractivity contribution in [2.24, 2.45) is 5.92 Å². The molecule has 3 N–H and O–H groups in total. The lowest BCUT2D eigenvalue weighted by molar-refractivity contribution is -0.138. The lowest BCUT2D eigenvalue weighted by Gasteiger charge is -2.24. The van der Waals surface area contributed by atoms with Crippen LogP contribution in [-0.2, 0) is 11.0 Å². The molecule has 0 unspecified atom stereocenters. The molecule has 196 valence electrons. The maximum Gasteiger partial charge on any atom is 0.416 e. The number of ether oxygens (including phenoxy) is 1. The minimum absolute atomic E-state index is 0.0567.